The summed E-state index contributed by atoms with van der Waals surface area (Å²) in [6.07, 6.45) is 6.96. The van der Waals surface area contributed by atoms with Gasteiger partial charge in [-0.2, -0.15) is 0 Å². The molecule has 2 heteroatoms. The predicted molar refractivity (Wildman–Crippen MR) is 78.4 cm³/mol. The molecule has 1 aliphatic carbocycles. The average molecular weight is 256 g/mol. The Morgan fingerprint density at radius 1 is 1.05 bits per heavy atom. The Labute approximate surface area is 116 Å². The van der Waals surface area contributed by atoms with Crippen molar-refractivity contribution in [3.05, 3.63) is 35.9 Å². The molecule has 1 aromatic carbocycles. The monoisotopic (exact) mass is 256 g/mol. The van der Waals surface area contributed by atoms with E-state index < -0.39 is 0 Å². The van der Waals surface area contributed by atoms with Crippen LogP contribution in [0, 0.1) is 0 Å². The summed E-state index contributed by atoms with van der Waals surface area (Å²) >= 11 is 0. The van der Waals surface area contributed by atoms with E-state index >= 15 is 0 Å². The molecule has 2 atom stereocenters. The molecule has 3 fully saturated rings. The number of hydrogen-bond donors (Lipinski definition) is 1. The fraction of sp³-hybridized carbons (Fsp3) is 0.647. The van der Waals surface area contributed by atoms with Crippen molar-refractivity contribution in [1.82, 2.24) is 10.2 Å². The second-order valence-electron chi connectivity index (χ2n) is 6.70. The number of hydrogen-bond acceptors (Lipinski definition) is 2. The lowest BCUT2D eigenvalue weighted by Crippen LogP contribution is -2.42. The number of rotatable bonds is 3. The molecule has 0 amide bonds. The number of benzene rings is 1. The smallest absolute Gasteiger partial charge is 0.0224 e. The van der Waals surface area contributed by atoms with Gasteiger partial charge >= 0.3 is 0 Å². The second-order valence-corrected chi connectivity index (χ2v) is 6.70. The van der Waals surface area contributed by atoms with Gasteiger partial charge in [-0.15, -0.1) is 0 Å². The summed E-state index contributed by atoms with van der Waals surface area (Å²) in [5.74, 6) is 0. The number of nitrogens with one attached hydrogen (secondary N) is 1. The quantitative estimate of drug-likeness (QED) is 0.894. The minimum absolute atomic E-state index is 0.493. The molecule has 1 aromatic rings. The normalized spacial score (nSPS) is 33.1. The van der Waals surface area contributed by atoms with Crippen LogP contribution in [0.2, 0.25) is 0 Å². The zero-order valence-electron chi connectivity index (χ0n) is 11.6. The van der Waals surface area contributed by atoms with E-state index in [-0.39, 0.29) is 0 Å². The van der Waals surface area contributed by atoms with E-state index in [1.165, 1.54) is 51.7 Å². The van der Waals surface area contributed by atoms with Gasteiger partial charge in [0.15, 0.2) is 0 Å². The van der Waals surface area contributed by atoms with Crippen LogP contribution in [0.1, 0.15) is 37.7 Å². The molecule has 2 nitrogen and oxygen atoms in total. The Bertz CT molecular complexity index is 424. The Hall–Kier alpha value is -0.860. The lowest BCUT2D eigenvalue weighted by Gasteiger charge is -2.32. The third-order valence-corrected chi connectivity index (χ3v) is 5.53. The first-order valence-electron chi connectivity index (χ1n) is 7.89. The maximum absolute atomic E-state index is 3.61. The van der Waals surface area contributed by atoms with Crippen molar-refractivity contribution in [3.8, 4) is 0 Å². The molecule has 2 unspecified atom stereocenters. The van der Waals surface area contributed by atoms with E-state index in [0.29, 0.717) is 5.41 Å². The van der Waals surface area contributed by atoms with Crippen LogP contribution in [0.25, 0.3) is 0 Å². The molecule has 4 rings (SSSR count). The van der Waals surface area contributed by atoms with Crippen LogP contribution in [0.3, 0.4) is 0 Å². The van der Waals surface area contributed by atoms with Crippen molar-refractivity contribution in [2.45, 2.75) is 49.6 Å². The van der Waals surface area contributed by atoms with Gasteiger partial charge in [-0.3, -0.25) is 4.90 Å². The molecule has 0 aromatic heterocycles. The van der Waals surface area contributed by atoms with Gasteiger partial charge in [0.25, 0.3) is 0 Å². The maximum Gasteiger partial charge on any atom is 0.0224 e. The van der Waals surface area contributed by atoms with Crippen LogP contribution in [0.5, 0.6) is 0 Å². The zero-order chi connectivity index (χ0) is 12.7. The van der Waals surface area contributed by atoms with Gasteiger partial charge in [-0.1, -0.05) is 30.3 Å². The fourth-order valence-electron chi connectivity index (χ4n) is 4.17. The first-order chi connectivity index (χ1) is 9.37. The van der Waals surface area contributed by atoms with Crippen molar-refractivity contribution in [2.75, 3.05) is 19.6 Å². The molecule has 2 bridgehead atoms. The van der Waals surface area contributed by atoms with E-state index in [0.717, 1.165) is 12.1 Å². The highest BCUT2D eigenvalue weighted by atomic mass is 15.2. The topological polar surface area (TPSA) is 15.3 Å². The Morgan fingerprint density at radius 3 is 2.63 bits per heavy atom. The van der Waals surface area contributed by atoms with Crippen molar-refractivity contribution in [2.24, 2.45) is 0 Å². The molecule has 102 valence electrons. The molecule has 3 aliphatic rings. The summed E-state index contributed by atoms with van der Waals surface area (Å²) in [7, 11) is 0. The van der Waals surface area contributed by atoms with E-state index in [1.807, 2.05) is 0 Å². The highest BCUT2D eigenvalue weighted by molar-refractivity contribution is 5.32. The highest BCUT2D eigenvalue weighted by Crippen LogP contribution is 2.50. The van der Waals surface area contributed by atoms with E-state index in [2.05, 4.69) is 40.5 Å². The first-order valence-corrected chi connectivity index (χ1v) is 7.89. The summed E-state index contributed by atoms with van der Waals surface area (Å²) in [5.41, 5.74) is 2.07. The standard InChI is InChI=1S/C17H24N2/c1-2-4-14(5-3-1)17(9-10-17)13-19-15-6-7-16(19)12-18-11-8-15/h1-5,15-16,18H,6-13H2. The second kappa shape index (κ2) is 4.60. The van der Waals surface area contributed by atoms with Crippen LogP contribution < -0.4 is 5.32 Å². The summed E-state index contributed by atoms with van der Waals surface area (Å²) in [6, 6.07) is 12.9. The predicted octanol–water partition coefficient (Wildman–Crippen LogP) is 2.54. The third kappa shape index (κ3) is 2.11. The minimum atomic E-state index is 0.493. The van der Waals surface area contributed by atoms with Crippen LogP contribution in [-0.4, -0.2) is 36.6 Å². The molecule has 0 spiro atoms. The highest BCUT2D eigenvalue weighted by Gasteiger charge is 2.48. The number of fused-ring (bicyclic) bond motifs is 2. The van der Waals surface area contributed by atoms with E-state index in [4.69, 9.17) is 0 Å². The number of nitrogens with zero attached hydrogens (tertiary/aromatic N) is 1. The minimum Gasteiger partial charge on any atom is -0.315 e. The molecule has 1 N–H and O–H groups in total. The van der Waals surface area contributed by atoms with Gasteiger partial charge < -0.3 is 5.32 Å². The molecule has 1 saturated carbocycles. The van der Waals surface area contributed by atoms with Gasteiger partial charge in [-0.25, -0.2) is 0 Å². The largest absolute Gasteiger partial charge is 0.315 e. The molecular formula is C17H24N2. The summed E-state index contributed by atoms with van der Waals surface area (Å²) in [5, 5.41) is 3.61. The SMILES string of the molecule is c1ccc(C2(CN3C4CCNCC3CC4)CC2)cc1. The molecule has 0 radical (unpaired) electrons. The van der Waals surface area contributed by atoms with Crippen LogP contribution in [0.15, 0.2) is 30.3 Å². The van der Waals surface area contributed by atoms with Gasteiger partial charge in [0, 0.05) is 30.6 Å². The molecule has 19 heavy (non-hydrogen) atoms. The lowest BCUT2D eigenvalue weighted by molar-refractivity contribution is 0.183. The average Bonchev–Trinajstić information content (AvgIpc) is 3.14. The Balaban J connectivity index is 1.55. The summed E-state index contributed by atoms with van der Waals surface area (Å²) in [6.45, 7) is 3.73. The van der Waals surface area contributed by atoms with Gasteiger partial charge in [0.2, 0.25) is 0 Å². The van der Waals surface area contributed by atoms with Crippen molar-refractivity contribution < 1.29 is 0 Å². The van der Waals surface area contributed by atoms with E-state index in [9.17, 15) is 0 Å². The Kier molecular flexibility index (Phi) is 2.89. The van der Waals surface area contributed by atoms with Gasteiger partial charge in [-0.05, 0) is 44.2 Å². The molecule has 2 saturated heterocycles. The fourth-order valence-corrected chi connectivity index (χ4v) is 4.17. The summed E-state index contributed by atoms with van der Waals surface area (Å²) < 4.78 is 0. The molecule has 2 aliphatic heterocycles. The third-order valence-electron chi connectivity index (χ3n) is 5.53. The zero-order valence-corrected chi connectivity index (χ0v) is 11.6. The maximum atomic E-state index is 3.61. The lowest BCUT2D eigenvalue weighted by atomic mass is 9.94. The Morgan fingerprint density at radius 2 is 1.84 bits per heavy atom. The van der Waals surface area contributed by atoms with Crippen LogP contribution in [0.4, 0.5) is 0 Å². The van der Waals surface area contributed by atoms with Crippen LogP contribution in [-0.2, 0) is 5.41 Å². The summed E-state index contributed by atoms with van der Waals surface area (Å²) in [4.78, 5) is 2.85. The first kappa shape index (κ1) is 11.9. The van der Waals surface area contributed by atoms with Gasteiger partial charge in [0.05, 0.1) is 0 Å². The van der Waals surface area contributed by atoms with Crippen molar-refractivity contribution in [3.63, 3.8) is 0 Å². The van der Waals surface area contributed by atoms with Crippen LogP contribution >= 0.6 is 0 Å². The van der Waals surface area contributed by atoms with Gasteiger partial charge in [0.1, 0.15) is 0 Å². The molecule has 2 heterocycles. The molecular weight excluding hydrogens is 232 g/mol. The van der Waals surface area contributed by atoms with Crippen molar-refractivity contribution in [1.29, 1.82) is 0 Å². The van der Waals surface area contributed by atoms with E-state index in [1.54, 1.807) is 5.56 Å². The van der Waals surface area contributed by atoms with Crippen molar-refractivity contribution >= 4 is 0 Å².